The third-order valence-corrected chi connectivity index (χ3v) is 3.46. The van der Waals surface area contributed by atoms with Crippen molar-refractivity contribution in [3.05, 3.63) is 36.2 Å². The molecular formula is C14H17N3. The Morgan fingerprint density at radius 1 is 1.24 bits per heavy atom. The first-order chi connectivity index (χ1) is 8.25. The molecule has 3 nitrogen and oxygen atoms in total. The monoisotopic (exact) mass is 227 g/mol. The van der Waals surface area contributed by atoms with Crippen LogP contribution >= 0.6 is 0 Å². The van der Waals surface area contributed by atoms with Gasteiger partial charge in [-0.3, -0.25) is 4.98 Å². The number of rotatable bonds is 4. The summed E-state index contributed by atoms with van der Waals surface area (Å²) < 4.78 is 0. The SMILES string of the molecule is CC1(CNCc2cnc3ccccc3n2)CC1. The van der Waals surface area contributed by atoms with Gasteiger partial charge in [-0.15, -0.1) is 0 Å². The molecule has 1 aliphatic carbocycles. The standard InChI is InChI=1S/C14H17N3/c1-14(6-7-14)10-15-8-11-9-16-12-4-2-3-5-13(12)17-11/h2-5,9,15H,6-8,10H2,1H3. The fraction of sp³-hybridized carbons (Fsp3) is 0.429. The van der Waals surface area contributed by atoms with E-state index in [1.807, 2.05) is 30.5 Å². The van der Waals surface area contributed by atoms with Gasteiger partial charge in [0, 0.05) is 13.1 Å². The van der Waals surface area contributed by atoms with Crippen molar-refractivity contribution in [1.29, 1.82) is 0 Å². The van der Waals surface area contributed by atoms with Gasteiger partial charge in [-0.1, -0.05) is 19.1 Å². The molecule has 0 spiro atoms. The van der Waals surface area contributed by atoms with E-state index in [4.69, 9.17) is 0 Å². The lowest BCUT2D eigenvalue weighted by Crippen LogP contribution is -2.22. The third-order valence-electron chi connectivity index (χ3n) is 3.46. The summed E-state index contributed by atoms with van der Waals surface area (Å²) in [6.07, 6.45) is 4.57. The zero-order valence-electron chi connectivity index (χ0n) is 10.1. The molecule has 0 aliphatic heterocycles. The fourth-order valence-corrected chi connectivity index (χ4v) is 1.96. The Kier molecular flexibility index (Phi) is 2.56. The van der Waals surface area contributed by atoms with Crippen molar-refractivity contribution >= 4 is 11.0 Å². The molecule has 1 heterocycles. The third kappa shape index (κ3) is 2.44. The zero-order valence-corrected chi connectivity index (χ0v) is 10.1. The van der Waals surface area contributed by atoms with Crippen LogP contribution < -0.4 is 5.32 Å². The minimum atomic E-state index is 0.546. The number of hydrogen-bond donors (Lipinski definition) is 1. The Morgan fingerprint density at radius 2 is 2.00 bits per heavy atom. The van der Waals surface area contributed by atoms with E-state index >= 15 is 0 Å². The molecule has 0 saturated heterocycles. The quantitative estimate of drug-likeness (QED) is 0.872. The van der Waals surface area contributed by atoms with Crippen LogP contribution in [0.1, 0.15) is 25.5 Å². The molecule has 2 aromatic rings. The van der Waals surface area contributed by atoms with Gasteiger partial charge in [-0.25, -0.2) is 4.98 Å². The zero-order chi connectivity index (χ0) is 11.7. The Morgan fingerprint density at radius 3 is 2.76 bits per heavy atom. The van der Waals surface area contributed by atoms with Gasteiger partial charge < -0.3 is 5.32 Å². The van der Waals surface area contributed by atoms with Crippen LogP contribution in [0.3, 0.4) is 0 Å². The van der Waals surface area contributed by atoms with Crippen LogP contribution in [0.15, 0.2) is 30.5 Å². The molecule has 3 rings (SSSR count). The number of para-hydroxylation sites is 2. The Bertz CT molecular complexity index is 532. The highest BCUT2D eigenvalue weighted by Crippen LogP contribution is 2.44. The molecule has 3 heteroatoms. The number of nitrogens with one attached hydrogen (secondary N) is 1. The van der Waals surface area contributed by atoms with Crippen LogP contribution in [0.25, 0.3) is 11.0 Å². The highest BCUT2D eigenvalue weighted by Gasteiger charge is 2.36. The van der Waals surface area contributed by atoms with E-state index < -0.39 is 0 Å². The number of hydrogen-bond acceptors (Lipinski definition) is 3. The van der Waals surface area contributed by atoms with Crippen LogP contribution in [-0.2, 0) is 6.54 Å². The number of fused-ring (bicyclic) bond motifs is 1. The van der Waals surface area contributed by atoms with Crippen molar-refractivity contribution in [2.45, 2.75) is 26.3 Å². The first kappa shape index (κ1) is 10.7. The summed E-state index contributed by atoms with van der Waals surface area (Å²) in [5.74, 6) is 0. The summed E-state index contributed by atoms with van der Waals surface area (Å²) in [5, 5.41) is 3.47. The lowest BCUT2D eigenvalue weighted by molar-refractivity contribution is 0.496. The van der Waals surface area contributed by atoms with Crippen molar-refractivity contribution in [1.82, 2.24) is 15.3 Å². The molecule has 0 amide bonds. The Hall–Kier alpha value is -1.48. The van der Waals surface area contributed by atoms with Gasteiger partial charge in [0.05, 0.1) is 22.9 Å². The van der Waals surface area contributed by atoms with Crippen LogP contribution in [0, 0.1) is 5.41 Å². The molecule has 1 aromatic heterocycles. The van der Waals surface area contributed by atoms with Crippen LogP contribution in [0.5, 0.6) is 0 Å². The van der Waals surface area contributed by atoms with Gasteiger partial charge in [0.25, 0.3) is 0 Å². The topological polar surface area (TPSA) is 37.8 Å². The highest BCUT2D eigenvalue weighted by molar-refractivity contribution is 5.73. The van der Waals surface area contributed by atoms with Gasteiger partial charge in [-0.05, 0) is 30.4 Å². The molecule has 0 radical (unpaired) electrons. The predicted molar refractivity (Wildman–Crippen MR) is 68.6 cm³/mol. The normalized spacial score (nSPS) is 17.2. The Balaban J connectivity index is 1.68. The van der Waals surface area contributed by atoms with Gasteiger partial charge in [-0.2, -0.15) is 0 Å². The minimum Gasteiger partial charge on any atom is -0.311 e. The van der Waals surface area contributed by atoms with Crippen LogP contribution in [0.4, 0.5) is 0 Å². The summed E-state index contributed by atoms with van der Waals surface area (Å²) in [4.78, 5) is 9.00. The number of benzene rings is 1. The average Bonchev–Trinajstić information content (AvgIpc) is 3.07. The van der Waals surface area contributed by atoms with Crippen LogP contribution in [0.2, 0.25) is 0 Å². The summed E-state index contributed by atoms with van der Waals surface area (Å²) in [6, 6.07) is 7.99. The largest absolute Gasteiger partial charge is 0.311 e. The first-order valence-electron chi connectivity index (χ1n) is 6.17. The minimum absolute atomic E-state index is 0.546. The van der Waals surface area contributed by atoms with E-state index in [9.17, 15) is 0 Å². The molecular weight excluding hydrogens is 210 g/mol. The molecule has 1 saturated carbocycles. The molecule has 0 bridgehead atoms. The van der Waals surface area contributed by atoms with Gasteiger partial charge in [0.15, 0.2) is 0 Å². The average molecular weight is 227 g/mol. The molecule has 1 N–H and O–H groups in total. The molecule has 1 aromatic carbocycles. The second-order valence-corrected chi connectivity index (χ2v) is 5.26. The van der Waals surface area contributed by atoms with Gasteiger partial charge in [0.2, 0.25) is 0 Å². The molecule has 88 valence electrons. The summed E-state index contributed by atoms with van der Waals surface area (Å²) in [7, 11) is 0. The summed E-state index contributed by atoms with van der Waals surface area (Å²) >= 11 is 0. The maximum atomic E-state index is 4.59. The van der Waals surface area contributed by atoms with Crippen molar-refractivity contribution in [2.75, 3.05) is 6.54 Å². The van der Waals surface area contributed by atoms with Gasteiger partial charge in [0.1, 0.15) is 0 Å². The second kappa shape index (κ2) is 4.08. The van der Waals surface area contributed by atoms with Crippen LogP contribution in [-0.4, -0.2) is 16.5 Å². The van der Waals surface area contributed by atoms with Crippen molar-refractivity contribution in [2.24, 2.45) is 5.41 Å². The summed E-state index contributed by atoms with van der Waals surface area (Å²) in [6.45, 7) is 4.22. The van der Waals surface area contributed by atoms with E-state index in [1.165, 1.54) is 12.8 Å². The lowest BCUT2D eigenvalue weighted by Gasteiger charge is -2.09. The fourth-order valence-electron chi connectivity index (χ4n) is 1.96. The maximum Gasteiger partial charge on any atom is 0.0890 e. The second-order valence-electron chi connectivity index (χ2n) is 5.26. The van der Waals surface area contributed by atoms with Crippen molar-refractivity contribution in [3.8, 4) is 0 Å². The molecule has 0 unspecified atom stereocenters. The molecule has 0 atom stereocenters. The highest BCUT2D eigenvalue weighted by atomic mass is 14.9. The number of nitrogens with zero attached hydrogens (tertiary/aromatic N) is 2. The Labute approximate surface area is 101 Å². The van der Waals surface area contributed by atoms with Crippen molar-refractivity contribution < 1.29 is 0 Å². The van der Waals surface area contributed by atoms with Crippen molar-refractivity contribution in [3.63, 3.8) is 0 Å². The van der Waals surface area contributed by atoms with E-state index in [0.717, 1.165) is 29.8 Å². The van der Waals surface area contributed by atoms with Gasteiger partial charge >= 0.3 is 0 Å². The van der Waals surface area contributed by atoms with E-state index in [2.05, 4.69) is 22.2 Å². The predicted octanol–water partition coefficient (Wildman–Crippen LogP) is 2.52. The number of aromatic nitrogens is 2. The smallest absolute Gasteiger partial charge is 0.0890 e. The molecule has 1 aliphatic rings. The van der Waals surface area contributed by atoms with E-state index in [-0.39, 0.29) is 0 Å². The van der Waals surface area contributed by atoms with E-state index in [1.54, 1.807) is 0 Å². The molecule has 1 fully saturated rings. The first-order valence-corrected chi connectivity index (χ1v) is 6.17. The van der Waals surface area contributed by atoms with E-state index in [0.29, 0.717) is 5.41 Å². The lowest BCUT2D eigenvalue weighted by atomic mass is 10.1. The molecule has 17 heavy (non-hydrogen) atoms. The maximum absolute atomic E-state index is 4.59. The summed E-state index contributed by atoms with van der Waals surface area (Å²) in [5.41, 5.74) is 3.51.